The second-order valence-corrected chi connectivity index (χ2v) is 7.05. The lowest BCUT2D eigenvalue weighted by molar-refractivity contribution is 0.105. The van der Waals surface area contributed by atoms with Gasteiger partial charge in [0, 0.05) is 31.9 Å². The van der Waals surface area contributed by atoms with Gasteiger partial charge in [-0.25, -0.2) is 4.79 Å². The van der Waals surface area contributed by atoms with Crippen LogP contribution in [0.2, 0.25) is 0 Å². The number of hydrogen-bond donors (Lipinski definition) is 0. The molecule has 5 heteroatoms. The van der Waals surface area contributed by atoms with Gasteiger partial charge in [-0.1, -0.05) is 13.3 Å². The molecular weight excluding hydrogens is 302 g/mol. The zero-order chi connectivity index (χ0) is 17.4. The van der Waals surface area contributed by atoms with E-state index in [0.29, 0.717) is 18.6 Å². The van der Waals surface area contributed by atoms with E-state index < -0.39 is 0 Å². The molecule has 2 aliphatic heterocycles. The van der Waals surface area contributed by atoms with Gasteiger partial charge in [0.15, 0.2) is 0 Å². The van der Waals surface area contributed by atoms with Gasteiger partial charge in [0.1, 0.15) is 0 Å². The standard InChI is InChI=1S/C19H35N3O2/c1-4-7-18(20-3)16-9-13-21(14-10-16)17-8-6-12-22(15-11-17)19(23)24-5-2/h16-17H,4-15H2,1-3H3/t17-/m0/s1. The van der Waals surface area contributed by atoms with Crippen molar-refractivity contribution in [3.63, 3.8) is 0 Å². The Morgan fingerprint density at radius 3 is 2.46 bits per heavy atom. The van der Waals surface area contributed by atoms with Crippen LogP contribution >= 0.6 is 0 Å². The van der Waals surface area contributed by atoms with Gasteiger partial charge in [0.25, 0.3) is 0 Å². The number of carbonyl (C=O) groups is 1. The first-order valence-electron chi connectivity index (χ1n) is 9.80. The van der Waals surface area contributed by atoms with E-state index in [1.165, 1.54) is 44.5 Å². The largest absolute Gasteiger partial charge is 0.450 e. The maximum Gasteiger partial charge on any atom is 0.409 e. The maximum absolute atomic E-state index is 11.9. The lowest BCUT2D eigenvalue weighted by Gasteiger charge is -2.37. The average Bonchev–Trinajstić information content (AvgIpc) is 2.86. The van der Waals surface area contributed by atoms with Crippen molar-refractivity contribution >= 4 is 11.8 Å². The Bertz CT molecular complexity index is 417. The van der Waals surface area contributed by atoms with Crippen LogP contribution in [0.25, 0.3) is 0 Å². The van der Waals surface area contributed by atoms with E-state index in [1.807, 2.05) is 18.9 Å². The number of piperidine rings is 1. The normalized spacial score (nSPS) is 24.7. The first-order valence-corrected chi connectivity index (χ1v) is 9.80. The predicted molar refractivity (Wildman–Crippen MR) is 98.8 cm³/mol. The lowest BCUT2D eigenvalue weighted by atomic mass is 9.88. The molecule has 1 amide bonds. The van der Waals surface area contributed by atoms with Gasteiger partial charge in [0.05, 0.1) is 6.61 Å². The minimum Gasteiger partial charge on any atom is -0.450 e. The molecule has 2 heterocycles. The number of amides is 1. The van der Waals surface area contributed by atoms with E-state index >= 15 is 0 Å². The molecule has 0 aromatic carbocycles. The molecule has 0 aromatic rings. The third-order valence-corrected chi connectivity index (χ3v) is 5.53. The minimum absolute atomic E-state index is 0.139. The second kappa shape index (κ2) is 10.0. The summed E-state index contributed by atoms with van der Waals surface area (Å²) in [5, 5.41) is 0. The lowest BCUT2D eigenvalue weighted by Crippen LogP contribution is -2.43. The molecule has 0 bridgehead atoms. The van der Waals surface area contributed by atoms with Crippen LogP contribution in [0.1, 0.15) is 58.8 Å². The Labute approximate surface area is 147 Å². The Balaban J connectivity index is 1.81. The number of ether oxygens (including phenoxy) is 1. The monoisotopic (exact) mass is 337 g/mol. The molecule has 0 radical (unpaired) electrons. The number of carbonyl (C=O) groups excluding carboxylic acids is 1. The van der Waals surface area contributed by atoms with Crippen LogP contribution in [0.4, 0.5) is 4.79 Å². The highest BCUT2D eigenvalue weighted by Crippen LogP contribution is 2.26. The topological polar surface area (TPSA) is 45.1 Å². The van der Waals surface area contributed by atoms with E-state index in [2.05, 4.69) is 16.8 Å². The molecule has 24 heavy (non-hydrogen) atoms. The predicted octanol–water partition coefficient (Wildman–Crippen LogP) is 3.58. The van der Waals surface area contributed by atoms with Gasteiger partial charge in [-0.05, 0) is 64.5 Å². The van der Waals surface area contributed by atoms with Crippen LogP contribution in [-0.4, -0.2) is 67.5 Å². The van der Waals surface area contributed by atoms with Gasteiger partial charge in [-0.2, -0.15) is 0 Å². The molecule has 0 saturated carbocycles. The zero-order valence-corrected chi connectivity index (χ0v) is 15.8. The molecule has 0 N–H and O–H groups in total. The third-order valence-electron chi connectivity index (χ3n) is 5.53. The third kappa shape index (κ3) is 5.20. The summed E-state index contributed by atoms with van der Waals surface area (Å²) in [7, 11) is 1.95. The molecule has 0 aliphatic carbocycles. The van der Waals surface area contributed by atoms with Crippen molar-refractivity contribution in [2.24, 2.45) is 10.9 Å². The van der Waals surface area contributed by atoms with E-state index in [1.54, 1.807) is 0 Å². The SMILES string of the molecule is CCCC(=NC)C1CCN([C@H]2CCCN(C(=O)OCC)CC2)CC1. The van der Waals surface area contributed by atoms with Crippen LogP contribution in [-0.2, 0) is 4.74 Å². The van der Waals surface area contributed by atoms with Crippen molar-refractivity contribution in [2.75, 3.05) is 39.8 Å². The first-order chi connectivity index (χ1) is 11.7. The van der Waals surface area contributed by atoms with Gasteiger partial charge in [0.2, 0.25) is 0 Å². The van der Waals surface area contributed by atoms with Crippen LogP contribution < -0.4 is 0 Å². The summed E-state index contributed by atoms with van der Waals surface area (Å²) in [6, 6.07) is 0.624. The van der Waals surface area contributed by atoms with Crippen LogP contribution in [0.3, 0.4) is 0 Å². The first kappa shape index (κ1) is 19.2. The fourth-order valence-electron chi connectivity index (χ4n) is 4.19. The average molecular weight is 338 g/mol. The van der Waals surface area contributed by atoms with Crippen LogP contribution in [0, 0.1) is 5.92 Å². The van der Waals surface area contributed by atoms with Crippen molar-refractivity contribution in [2.45, 2.75) is 64.8 Å². The quantitative estimate of drug-likeness (QED) is 0.720. The Morgan fingerprint density at radius 2 is 1.83 bits per heavy atom. The molecule has 2 fully saturated rings. The number of likely N-dealkylation sites (tertiary alicyclic amines) is 2. The summed E-state index contributed by atoms with van der Waals surface area (Å²) >= 11 is 0. The number of aliphatic imine (C=N–C) groups is 1. The molecule has 5 nitrogen and oxygen atoms in total. The van der Waals surface area contributed by atoms with Crippen LogP contribution in [0.15, 0.2) is 4.99 Å². The van der Waals surface area contributed by atoms with E-state index in [-0.39, 0.29) is 6.09 Å². The van der Waals surface area contributed by atoms with Crippen LogP contribution in [0.5, 0.6) is 0 Å². The number of nitrogens with zero attached hydrogens (tertiary/aromatic N) is 3. The van der Waals surface area contributed by atoms with Crippen molar-refractivity contribution in [1.82, 2.24) is 9.80 Å². The summed E-state index contributed by atoms with van der Waals surface area (Å²) in [6.45, 7) is 8.60. The van der Waals surface area contributed by atoms with Crippen molar-refractivity contribution in [1.29, 1.82) is 0 Å². The van der Waals surface area contributed by atoms with E-state index in [9.17, 15) is 4.79 Å². The van der Waals surface area contributed by atoms with Crippen molar-refractivity contribution in [3.8, 4) is 0 Å². The fraction of sp³-hybridized carbons (Fsp3) is 0.895. The maximum atomic E-state index is 11.9. The zero-order valence-electron chi connectivity index (χ0n) is 15.8. The second-order valence-electron chi connectivity index (χ2n) is 7.05. The highest BCUT2D eigenvalue weighted by Gasteiger charge is 2.29. The molecule has 2 aliphatic rings. The minimum atomic E-state index is -0.139. The molecule has 0 aromatic heterocycles. The molecular formula is C19H35N3O2. The van der Waals surface area contributed by atoms with Gasteiger partial charge >= 0.3 is 6.09 Å². The van der Waals surface area contributed by atoms with Crippen molar-refractivity contribution in [3.05, 3.63) is 0 Å². The van der Waals surface area contributed by atoms with E-state index in [0.717, 1.165) is 32.4 Å². The molecule has 2 saturated heterocycles. The summed E-state index contributed by atoms with van der Waals surface area (Å²) in [5.41, 5.74) is 1.42. The highest BCUT2D eigenvalue weighted by molar-refractivity contribution is 5.86. The van der Waals surface area contributed by atoms with E-state index in [4.69, 9.17) is 4.74 Å². The van der Waals surface area contributed by atoms with Gasteiger partial charge in [-0.3, -0.25) is 4.99 Å². The number of rotatable bonds is 5. The molecule has 0 unspecified atom stereocenters. The van der Waals surface area contributed by atoms with Crippen molar-refractivity contribution < 1.29 is 9.53 Å². The summed E-state index contributed by atoms with van der Waals surface area (Å²) in [6.07, 6.45) is 8.05. The Morgan fingerprint density at radius 1 is 1.08 bits per heavy atom. The summed E-state index contributed by atoms with van der Waals surface area (Å²) < 4.78 is 5.15. The molecule has 0 spiro atoms. The molecule has 1 atom stereocenters. The van der Waals surface area contributed by atoms with Gasteiger partial charge in [-0.15, -0.1) is 0 Å². The number of hydrogen-bond acceptors (Lipinski definition) is 4. The Kier molecular flexibility index (Phi) is 8.03. The Hall–Kier alpha value is -1.10. The summed E-state index contributed by atoms with van der Waals surface area (Å²) in [4.78, 5) is 21.0. The fourth-order valence-corrected chi connectivity index (χ4v) is 4.19. The highest BCUT2D eigenvalue weighted by atomic mass is 16.6. The van der Waals surface area contributed by atoms with Gasteiger partial charge < -0.3 is 14.5 Å². The molecule has 138 valence electrons. The molecule has 2 rings (SSSR count). The summed E-state index contributed by atoms with van der Waals surface area (Å²) in [5.74, 6) is 0.688. The smallest absolute Gasteiger partial charge is 0.409 e.